The van der Waals surface area contributed by atoms with Crippen molar-refractivity contribution in [3.05, 3.63) is 106 Å². The number of ether oxygens (including phenoxy) is 1. The molecule has 2 N–H and O–H groups in total. The summed E-state index contributed by atoms with van der Waals surface area (Å²) in [5.41, 5.74) is 5.58. The van der Waals surface area contributed by atoms with Crippen molar-refractivity contribution < 1.29 is 9.53 Å². The predicted molar refractivity (Wildman–Crippen MR) is 124 cm³/mol. The van der Waals surface area contributed by atoms with Crippen LogP contribution in [0.15, 0.2) is 94.8 Å². The molecule has 0 spiro atoms. The zero-order valence-electron chi connectivity index (χ0n) is 17.7. The van der Waals surface area contributed by atoms with Crippen molar-refractivity contribution in [2.75, 3.05) is 7.11 Å². The van der Waals surface area contributed by atoms with E-state index < -0.39 is 0 Å². The lowest BCUT2D eigenvalue weighted by molar-refractivity contribution is 0.0955. The van der Waals surface area contributed by atoms with Gasteiger partial charge in [0.15, 0.2) is 0 Å². The maximum absolute atomic E-state index is 13.4. The molecule has 0 aliphatic carbocycles. The fourth-order valence-corrected chi connectivity index (χ4v) is 3.34. The van der Waals surface area contributed by atoms with E-state index >= 15 is 0 Å². The van der Waals surface area contributed by atoms with E-state index in [4.69, 9.17) is 4.74 Å². The Labute approximate surface area is 185 Å². The zero-order chi connectivity index (χ0) is 22.5. The summed E-state index contributed by atoms with van der Waals surface area (Å²) in [5, 5.41) is 7.41. The van der Waals surface area contributed by atoms with Crippen LogP contribution in [-0.4, -0.2) is 28.5 Å². The largest absolute Gasteiger partial charge is 0.497 e. The fraction of sp³-hybridized carbons (Fsp3) is 0.0800. The third kappa shape index (κ3) is 4.22. The number of hydrogen-bond acceptors (Lipinski definition) is 4. The summed E-state index contributed by atoms with van der Waals surface area (Å²) in [6.07, 6.45) is 0. The van der Waals surface area contributed by atoms with Gasteiger partial charge in [0, 0.05) is 11.1 Å². The normalized spacial score (nSPS) is 11.2. The van der Waals surface area contributed by atoms with Crippen molar-refractivity contribution >= 4 is 11.6 Å². The topological polar surface area (TPSA) is 88.5 Å². The number of nitrogens with zero attached hydrogens (tertiary/aromatic N) is 2. The van der Waals surface area contributed by atoms with Crippen LogP contribution in [0.4, 0.5) is 0 Å². The molecule has 0 unspecified atom stereocenters. The van der Waals surface area contributed by atoms with Crippen LogP contribution in [0.3, 0.4) is 0 Å². The lowest BCUT2D eigenvalue weighted by Gasteiger charge is -2.05. The van der Waals surface area contributed by atoms with E-state index in [0.29, 0.717) is 34.0 Å². The Morgan fingerprint density at radius 2 is 1.56 bits per heavy atom. The molecule has 32 heavy (non-hydrogen) atoms. The predicted octanol–water partition coefficient (Wildman–Crippen LogP) is 4.00. The van der Waals surface area contributed by atoms with E-state index in [0.717, 1.165) is 5.56 Å². The monoisotopic (exact) mass is 426 g/mol. The third-order valence-corrected chi connectivity index (χ3v) is 5.01. The van der Waals surface area contributed by atoms with E-state index in [1.54, 1.807) is 38.3 Å². The first-order valence-electron chi connectivity index (χ1n) is 10.0. The molecule has 1 heterocycles. The molecular weight excluding hydrogens is 404 g/mol. The van der Waals surface area contributed by atoms with Gasteiger partial charge in [0.2, 0.25) is 0 Å². The Balaban J connectivity index is 1.77. The van der Waals surface area contributed by atoms with Crippen molar-refractivity contribution in [3.8, 4) is 22.7 Å². The van der Waals surface area contributed by atoms with Crippen molar-refractivity contribution in [1.82, 2.24) is 15.2 Å². The third-order valence-electron chi connectivity index (χ3n) is 5.01. The Kier molecular flexibility index (Phi) is 5.98. The quantitative estimate of drug-likeness (QED) is 0.361. The molecule has 0 saturated heterocycles. The highest BCUT2D eigenvalue weighted by Gasteiger charge is 2.20. The Bertz CT molecular complexity index is 1310. The summed E-state index contributed by atoms with van der Waals surface area (Å²) < 4.78 is 6.70. The van der Waals surface area contributed by atoms with Gasteiger partial charge < -0.3 is 4.74 Å². The van der Waals surface area contributed by atoms with E-state index in [2.05, 4.69) is 15.6 Å². The summed E-state index contributed by atoms with van der Waals surface area (Å²) in [7, 11) is 1.60. The van der Waals surface area contributed by atoms with Crippen LogP contribution in [0, 0.1) is 0 Å². The lowest BCUT2D eigenvalue weighted by Crippen LogP contribution is -2.23. The number of amides is 1. The minimum Gasteiger partial charge on any atom is -0.497 e. The van der Waals surface area contributed by atoms with Crippen LogP contribution in [0.25, 0.3) is 16.9 Å². The molecule has 0 saturated carbocycles. The molecular formula is C25H22N4O3. The van der Waals surface area contributed by atoms with Gasteiger partial charge in [-0.2, -0.15) is 5.10 Å². The van der Waals surface area contributed by atoms with E-state index in [-0.39, 0.29) is 11.5 Å². The molecule has 3 aromatic carbocycles. The van der Waals surface area contributed by atoms with Gasteiger partial charge in [-0.15, -0.1) is 0 Å². The second-order valence-corrected chi connectivity index (χ2v) is 7.07. The Morgan fingerprint density at radius 1 is 0.938 bits per heavy atom. The number of rotatable bonds is 6. The maximum atomic E-state index is 13.4. The fourth-order valence-electron chi connectivity index (χ4n) is 3.34. The average molecular weight is 426 g/mol. The summed E-state index contributed by atoms with van der Waals surface area (Å²) in [4.78, 5) is 25.8. The Morgan fingerprint density at radius 3 is 2.19 bits per heavy atom. The second kappa shape index (κ2) is 9.18. The van der Waals surface area contributed by atoms with Gasteiger partial charge in [-0.1, -0.05) is 36.4 Å². The highest BCUT2D eigenvalue weighted by atomic mass is 16.5. The number of nitrogens with one attached hydrogen (secondary N) is 2. The van der Waals surface area contributed by atoms with Crippen LogP contribution >= 0.6 is 0 Å². The van der Waals surface area contributed by atoms with Gasteiger partial charge in [0.05, 0.1) is 29.8 Å². The summed E-state index contributed by atoms with van der Waals surface area (Å²) in [6.45, 7) is 1.69. The Hall–Kier alpha value is -4.39. The van der Waals surface area contributed by atoms with Gasteiger partial charge in [-0.05, 0) is 55.5 Å². The van der Waals surface area contributed by atoms with Gasteiger partial charge in [-0.25, -0.2) is 10.1 Å². The number of methoxy groups -OCH3 is 1. The zero-order valence-corrected chi connectivity index (χ0v) is 17.7. The van der Waals surface area contributed by atoms with Crippen molar-refractivity contribution in [2.24, 2.45) is 5.10 Å². The number of H-pyrrole nitrogens is 1. The molecule has 7 nitrogen and oxygen atoms in total. The van der Waals surface area contributed by atoms with E-state index in [1.165, 1.54) is 4.68 Å². The average Bonchev–Trinajstić information content (AvgIpc) is 3.20. The molecule has 0 aliphatic heterocycles. The van der Waals surface area contributed by atoms with Gasteiger partial charge >= 0.3 is 0 Å². The number of carbonyl (C=O) groups is 1. The minimum absolute atomic E-state index is 0.266. The number of aromatic nitrogens is 2. The van der Waals surface area contributed by atoms with Crippen molar-refractivity contribution in [2.45, 2.75) is 6.92 Å². The van der Waals surface area contributed by atoms with Crippen molar-refractivity contribution in [1.29, 1.82) is 0 Å². The van der Waals surface area contributed by atoms with Crippen LogP contribution in [0.1, 0.15) is 22.8 Å². The molecule has 4 rings (SSSR count). The lowest BCUT2D eigenvalue weighted by atomic mass is 10.1. The molecule has 1 amide bonds. The van der Waals surface area contributed by atoms with Crippen molar-refractivity contribution in [3.63, 3.8) is 0 Å². The molecule has 0 radical (unpaired) electrons. The molecule has 0 atom stereocenters. The van der Waals surface area contributed by atoms with Crippen LogP contribution in [-0.2, 0) is 0 Å². The molecule has 1 aromatic heterocycles. The first-order chi connectivity index (χ1) is 15.6. The molecule has 0 fully saturated rings. The van der Waals surface area contributed by atoms with E-state index in [9.17, 15) is 9.59 Å². The number of hydrazone groups is 1. The smallest absolute Gasteiger partial charge is 0.281 e. The molecule has 0 aliphatic rings. The molecule has 0 bridgehead atoms. The van der Waals surface area contributed by atoms with Gasteiger partial charge in [-0.3, -0.25) is 14.7 Å². The standard InChI is InChI=1S/C25H22N4O3/c1-17(26-27-24(30)19-9-5-3-6-10-19)22-23(18-13-15-21(32-2)16-14-18)28-29(25(22)31)20-11-7-4-8-12-20/h3-16,28H,1-2H3,(H,27,30). The number of benzene rings is 3. The molecule has 4 aromatic rings. The minimum atomic E-state index is -0.352. The highest BCUT2D eigenvalue weighted by molar-refractivity contribution is 6.04. The number of carbonyl (C=O) groups excluding carboxylic acids is 1. The maximum Gasteiger partial charge on any atom is 0.281 e. The highest BCUT2D eigenvalue weighted by Crippen LogP contribution is 2.24. The molecule has 7 heteroatoms. The van der Waals surface area contributed by atoms with Gasteiger partial charge in [0.25, 0.3) is 11.5 Å². The van der Waals surface area contributed by atoms with Crippen LogP contribution < -0.4 is 15.7 Å². The summed E-state index contributed by atoms with van der Waals surface area (Å²) in [5.74, 6) is 0.357. The second-order valence-electron chi connectivity index (χ2n) is 7.07. The molecule has 160 valence electrons. The number of hydrogen-bond donors (Lipinski definition) is 2. The first-order valence-corrected chi connectivity index (χ1v) is 10.0. The number of para-hydroxylation sites is 1. The van der Waals surface area contributed by atoms with Crippen LogP contribution in [0.5, 0.6) is 5.75 Å². The first kappa shape index (κ1) is 20.9. The van der Waals surface area contributed by atoms with E-state index in [1.807, 2.05) is 60.7 Å². The number of aromatic amines is 1. The SMILES string of the molecule is COc1ccc(-c2[nH]n(-c3ccccc3)c(=O)c2C(C)=NNC(=O)c2ccccc2)cc1. The summed E-state index contributed by atoms with van der Waals surface area (Å²) >= 11 is 0. The van der Waals surface area contributed by atoms with Gasteiger partial charge in [0.1, 0.15) is 5.75 Å². The van der Waals surface area contributed by atoms with Crippen LogP contribution in [0.2, 0.25) is 0 Å². The summed E-state index contributed by atoms with van der Waals surface area (Å²) in [6, 6.07) is 25.4.